The fourth-order valence-electron chi connectivity index (χ4n) is 3.63. The number of anilines is 2. The first kappa shape index (κ1) is 17.5. The van der Waals surface area contributed by atoms with Gasteiger partial charge in [-0.3, -0.25) is 0 Å². The highest BCUT2D eigenvalue weighted by Crippen LogP contribution is 2.41. The van der Waals surface area contributed by atoms with E-state index in [0.29, 0.717) is 17.7 Å². The zero-order valence-corrected chi connectivity index (χ0v) is 15.1. The van der Waals surface area contributed by atoms with E-state index in [4.69, 9.17) is 4.74 Å². The molecule has 0 bridgehead atoms. The molecule has 1 aromatic carbocycles. The molecule has 2 heterocycles. The van der Waals surface area contributed by atoms with Crippen LogP contribution in [-0.4, -0.2) is 21.7 Å². The van der Waals surface area contributed by atoms with Crippen LogP contribution in [0.15, 0.2) is 67.0 Å². The molecule has 5 heteroatoms. The van der Waals surface area contributed by atoms with Gasteiger partial charge in [0.25, 0.3) is 0 Å². The maximum Gasteiger partial charge on any atom is 0.222 e. The Bertz CT molecular complexity index is 868. The lowest BCUT2D eigenvalue weighted by molar-refractivity contribution is 0.228. The molecule has 1 aliphatic carbocycles. The maximum absolute atomic E-state index is 9.41. The van der Waals surface area contributed by atoms with E-state index in [-0.39, 0.29) is 6.61 Å². The smallest absolute Gasteiger partial charge is 0.222 e. The Morgan fingerprint density at radius 1 is 0.963 bits per heavy atom. The maximum atomic E-state index is 9.41. The van der Waals surface area contributed by atoms with Crippen molar-refractivity contribution in [2.24, 2.45) is 5.92 Å². The number of aromatic nitrogens is 2. The molecule has 1 saturated carbocycles. The molecule has 138 valence electrons. The van der Waals surface area contributed by atoms with Crippen molar-refractivity contribution in [1.29, 1.82) is 0 Å². The molecule has 0 radical (unpaired) electrons. The van der Waals surface area contributed by atoms with Gasteiger partial charge in [0.1, 0.15) is 11.6 Å². The number of benzene rings is 1. The van der Waals surface area contributed by atoms with Crippen LogP contribution >= 0.6 is 0 Å². The molecule has 4 rings (SSSR count). The number of aliphatic hydroxyl groups excluding tert-OH is 1. The molecule has 5 nitrogen and oxygen atoms in total. The van der Waals surface area contributed by atoms with E-state index in [1.54, 1.807) is 12.4 Å². The van der Waals surface area contributed by atoms with Crippen molar-refractivity contribution in [2.45, 2.75) is 25.2 Å². The lowest BCUT2D eigenvalue weighted by Crippen LogP contribution is -2.02. The monoisotopic (exact) mass is 361 g/mol. The van der Waals surface area contributed by atoms with Crippen LogP contribution in [-0.2, 0) is 0 Å². The van der Waals surface area contributed by atoms with Crippen LogP contribution in [0.2, 0.25) is 0 Å². The summed E-state index contributed by atoms with van der Waals surface area (Å²) in [5.74, 6) is 3.00. The predicted octanol–water partition coefficient (Wildman–Crippen LogP) is 4.89. The highest BCUT2D eigenvalue weighted by molar-refractivity contribution is 5.57. The molecule has 0 aliphatic heterocycles. The lowest BCUT2D eigenvalue weighted by atomic mass is 9.97. The van der Waals surface area contributed by atoms with Gasteiger partial charge in [0.15, 0.2) is 0 Å². The first-order chi connectivity index (χ1) is 13.3. The minimum atomic E-state index is 0.262. The number of nitrogens with zero attached hydrogens (tertiary/aromatic N) is 2. The summed E-state index contributed by atoms with van der Waals surface area (Å²) in [4.78, 5) is 8.71. The Kier molecular flexibility index (Phi) is 5.30. The van der Waals surface area contributed by atoms with Gasteiger partial charge in [0.05, 0.1) is 0 Å². The van der Waals surface area contributed by atoms with E-state index in [1.807, 2.05) is 48.5 Å². The van der Waals surface area contributed by atoms with Crippen LogP contribution in [0.1, 0.15) is 30.7 Å². The van der Waals surface area contributed by atoms with Gasteiger partial charge in [-0.2, -0.15) is 0 Å². The zero-order chi connectivity index (χ0) is 18.5. The third-order valence-corrected chi connectivity index (χ3v) is 5.05. The number of ether oxygens (including phenoxy) is 1. The molecular formula is C22H23N3O2. The van der Waals surface area contributed by atoms with Crippen LogP contribution in [0.5, 0.6) is 11.6 Å². The second-order valence-electron chi connectivity index (χ2n) is 6.92. The van der Waals surface area contributed by atoms with Crippen molar-refractivity contribution in [3.8, 4) is 11.6 Å². The number of aliphatic hydroxyl groups is 1. The SMILES string of the molecule is OC[C@H]1CCC(c2cccnc2Oc2ccc(Nc3ccccn3)cc2)C1. The van der Waals surface area contributed by atoms with Crippen LogP contribution in [0.3, 0.4) is 0 Å². The van der Waals surface area contributed by atoms with Crippen molar-refractivity contribution < 1.29 is 9.84 Å². The Balaban J connectivity index is 1.46. The van der Waals surface area contributed by atoms with Crippen molar-refractivity contribution in [1.82, 2.24) is 9.97 Å². The minimum Gasteiger partial charge on any atom is -0.439 e. The van der Waals surface area contributed by atoms with Gasteiger partial charge in [-0.25, -0.2) is 9.97 Å². The summed E-state index contributed by atoms with van der Waals surface area (Å²) < 4.78 is 6.08. The van der Waals surface area contributed by atoms with Crippen LogP contribution < -0.4 is 10.1 Å². The molecule has 0 amide bonds. The molecule has 1 fully saturated rings. The summed E-state index contributed by atoms with van der Waals surface area (Å²) in [5, 5.41) is 12.7. The second kappa shape index (κ2) is 8.18. The van der Waals surface area contributed by atoms with Crippen molar-refractivity contribution >= 4 is 11.5 Å². The van der Waals surface area contributed by atoms with E-state index in [1.165, 1.54) is 0 Å². The first-order valence-corrected chi connectivity index (χ1v) is 9.33. The number of hydrogen-bond acceptors (Lipinski definition) is 5. The molecular weight excluding hydrogens is 338 g/mol. The fraction of sp³-hybridized carbons (Fsp3) is 0.273. The van der Waals surface area contributed by atoms with Gasteiger partial charge in [0.2, 0.25) is 5.88 Å². The molecule has 2 N–H and O–H groups in total. The standard InChI is InChI=1S/C22H23N3O2/c26-15-16-6-7-17(14-16)20-4-3-13-24-22(20)27-19-10-8-18(9-11-19)25-21-5-1-2-12-23-21/h1-5,8-13,16-17,26H,6-7,14-15H2,(H,23,25)/t16-,17?/m0/s1. The van der Waals surface area contributed by atoms with Gasteiger partial charge < -0.3 is 15.2 Å². The van der Waals surface area contributed by atoms with Crippen LogP contribution in [0.25, 0.3) is 0 Å². The highest BCUT2D eigenvalue weighted by Gasteiger charge is 2.28. The van der Waals surface area contributed by atoms with Crippen molar-refractivity contribution in [3.05, 3.63) is 72.6 Å². The summed E-state index contributed by atoms with van der Waals surface area (Å²) in [6.45, 7) is 0.262. The lowest BCUT2D eigenvalue weighted by Gasteiger charge is -2.15. The van der Waals surface area contributed by atoms with Gasteiger partial charge >= 0.3 is 0 Å². The molecule has 1 aliphatic rings. The third-order valence-electron chi connectivity index (χ3n) is 5.05. The first-order valence-electron chi connectivity index (χ1n) is 9.33. The summed E-state index contributed by atoms with van der Waals surface area (Å²) in [6, 6.07) is 17.6. The van der Waals surface area contributed by atoms with Crippen molar-refractivity contribution in [2.75, 3.05) is 11.9 Å². The minimum absolute atomic E-state index is 0.262. The number of pyridine rings is 2. The Morgan fingerprint density at radius 2 is 1.81 bits per heavy atom. The topological polar surface area (TPSA) is 67.3 Å². The number of hydrogen-bond donors (Lipinski definition) is 2. The zero-order valence-electron chi connectivity index (χ0n) is 15.1. The molecule has 1 unspecified atom stereocenters. The van der Waals surface area contributed by atoms with Crippen LogP contribution in [0.4, 0.5) is 11.5 Å². The summed E-state index contributed by atoms with van der Waals surface area (Å²) in [5.41, 5.74) is 2.08. The molecule has 3 aromatic rings. The molecule has 27 heavy (non-hydrogen) atoms. The average Bonchev–Trinajstić information content (AvgIpc) is 3.20. The molecule has 0 spiro atoms. The fourth-order valence-corrected chi connectivity index (χ4v) is 3.63. The van der Waals surface area contributed by atoms with E-state index < -0.39 is 0 Å². The Labute approximate surface area is 159 Å². The Morgan fingerprint density at radius 3 is 2.56 bits per heavy atom. The van der Waals surface area contributed by atoms with Gasteiger partial charge in [0, 0.05) is 30.3 Å². The second-order valence-corrected chi connectivity index (χ2v) is 6.92. The van der Waals surface area contributed by atoms with Crippen molar-refractivity contribution in [3.63, 3.8) is 0 Å². The highest BCUT2D eigenvalue weighted by atomic mass is 16.5. The van der Waals surface area contributed by atoms with E-state index in [0.717, 1.165) is 42.1 Å². The summed E-state index contributed by atoms with van der Waals surface area (Å²) >= 11 is 0. The van der Waals surface area contributed by atoms with Gasteiger partial charge in [-0.05, 0) is 73.6 Å². The summed E-state index contributed by atoms with van der Waals surface area (Å²) in [7, 11) is 0. The number of rotatable bonds is 6. The Hall–Kier alpha value is -2.92. The average molecular weight is 361 g/mol. The molecule has 2 atom stereocenters. The largest absolute Gasteiger partial charge is 0.439 e. The quantitative estimate of drug-likeness (QED) is 0.654. The third kappa shape index (κ3) is 4.26. The number of nitrogens with one attached hydrogen (secondary N) is 1. The van der Waals surface area contributed by atoms with E-state index in [2.05, 4.69) is 21.4 Å². The molecule has 0 saturated heterocycles. The molecule has 2 aromatic heterocycles. The van der Waals surface area contributed by atoms with E-state index in [9.17, 15) is 5.11 Å². The predicted molar refractivity (Wildman–Crippen MR) is 105 cm³/mol. The van der Waals surface area contributed by atoms with Gasteiger partial charge in [-0.1, -0.05) is 12.1 Å². The normalized spacial score (nSPS) is 19.0. The summed E-state index contributed by atoms with van der Waals surface area (Å²) in [6.07, 6.45) is 6.64. The van der Waals surface area contributed by atoms with Gasteiger partial charge in [-0.15, -0.1) is 0 Å². The van der Waals surface area contributed by atoms with E-state index >= 15 is 0 Å². The van der Waals surface area contributed by atoms with Crippen LogP contribution in [0, 0.1) is 5.92 Å².